The van der Waals surface area contributed by atoms with Crippen molar-refractivity contribution in [3.8, 4) is 5.75 Å². The van der Waals surface area contributed by atoms with Crippen LogP contribution in [0.15, 0.2) is 51.0 Å². The minimum absolute atomic E-state index is 0.0689. The van der Waals surface area contributed by atoms with Gasteiger partial charge in [-0.3, -0.25) is 14.5 Å². The van der Waals surface area contributed by atoms with E-state index in [0.717, 1.165) is 54.8 Å². The summed E-state index contributed by atoms with van der Waals surface area (Å²) in [5.74, 6) is -0.183. The number of aromatic nitrogens is 1. The van der Waals surface area contributed by atoms with E-state index in [9.17, 15) is 23.2 Å². The number of pyridine rings is 1. The Kier molecular flexibility index (Phi) is 8.04. The molecule has 2 fully saturated rings. The highest BCUT2D eigenvalue weighted by Gasteiger charge is 2.39. The number of nitrogens with one attached hydrogen (secondary N) is 1. The quantitative estimate of drug-likeness (QED) is 0.272. The molecule has 0 bridgehead atoms. The molecule has 2 aliphatic heterocycles. The van der Waals surface area contributed by atoms with Crippen LogP contribution >= 0.6 is 46.6 Å². The standard InChI is InChI=1S/C29H25Cl3F2N4O4S/c1-42-21-11-16-14-36(13-15(16)10-20(21)38-9-3-8-37(28(38)41)17-6-7-17)27(40)24-22(12-23(29(32,33)34)35-26(24)39)43-25-18(30)4-2-5-19(25)31/h2,4-5,10-12,17H,3,6-9,13-14H2,1H3,(H,35,39). The first-order valence-corrected chi connectivity index (χ1v) is 15.4. The number of anilines is 1. The van der Waals surface area contributed by atoms with Crippen LogP contribution in [0.1, 0.15) is 46.4 Å². The number of urea groups is 1. The van der Waals surface area contributed by atoms with Gasteiger partial charge < -0.3 is 19.5 Å². The maximum atomic E-state index is 14.1. The molecule has 2 aromatic carbocycles. The lowest BCUT2D eigenvalue weighted by molar-refractivity contribution is 0.0740. The van der Waals surface area contributed by atoms with Crippen LogP contribution in [0.4, 0.5) is 19.3 Å². The van der Waals surface area contributed by atoms with Crippen LogP contribution in [-0.2, 0) is 18.5 Å². The SMILES string of the molecule is COc1cc2c(cc1N1CCCN(C3CC3)C1=O)CN(C(=O)c1c(Sc3c(Cl)cccc3Cl)cc(C(F)(F)Cl)[nH]c1=O)C2. The number of H-pyrrole nitrogens is 1. The Bertz CT molecular complexity index is 1680. The first kappa shape index (κ1) is 30.1. The van der Waals surface area contributed by atoms with E-state index in [0.29, 0.717) is 22.9 Å². The minimum Gasteiger partial charge on any atom is -0.495 e. The van der Waals surface area contributed by atoms with Crippen molar-refractivity contribution in [3.05, 3.63) is 79.2 Å². The second-order valence-corrected chi connectivity index (χ2v) is 12.9. The predicted octanol–water partition coefficient (Wildman–Crippen LogP) is 7.08. The summed E-state index contributed by atoms with van der Waals surface area (Å²) in [7, 11) is 1.52. The molecule has 1 saturated heterocycles. The summed E-state index contributed by atoms with van der Waals surface area (Å²) in [6, 6.07) is 9.53. The molecule has 8 nitrogen and oxygen atoms in total. The number of aromatic amines is 1. The predicted molar refractivity (Wildman–Crippen MR) is 161 cm³/mol. The molecule has 3 amide bonds. The Morgan fingerprint density at radius 2 is 1.74 bits per heavy atom. The number of halogens is 5. The van der Waals surface area contributed by atoms with Crippen molar-refractivity contribution in [2.45, 2.75) is 53.6 Å². The van der Waals surface area contributed by atoms with Gasteiger partial charge in [-0.15, -0.1) is 0 Å². The van der Waals surface area contributed by atoms with Crippen LogP contribution in [0.25, 0.3) is 0 Å². The number of nitrogens with zero attached hydrogens (tertiary/aromatic N) is 3. The minimum atomic E-state index is -3.89. The van der Waals surface area contributed by atoms with Gasteiger partial charge in [0.15, 0.2) is 0 Å². The summed E-state index contributed by atoms with van der Waals surface area (Å²) in [4.78, 5) is 47.7. The highest BCUT2D eigenvalue weighted by atomic mass is 35.5. The number of carbonyl (C=O) groups excluding carboxylic acids is 2. The van der Waals surface area contributed by atoms with Gasteiger partial charge in [0, 0.05) is 42.0 Å². The summed E-state index contributed by atoms with van der Waals surface area (Å²) in [6.07, 6.45) is 2.83. The topological polar surface area (TPSA) is 85.9 Å². The number of amides is 3. The third-order valence-corrected chi connectivity index (χ3v) is 9.94. The Morgan fingerprint density at radius 3 is 2.37 bits per heavy atom. The second kappa shape index (κ2) is 11.5. The van der Waals surface area contributed by atoms with Crippen molar-refractivity contribution in [1.82, 2.24) is 14.8 Å². The molecule has 226 valence electrons. The van der Waals surface area contributed by atoms with Gasteiger partial charge in [0.25, 0.3) is 11.5 Å². The average molecular weight is 670 g/mol. The summed E-state index contributed by atoms with van der Waals surface area (Å²) in [5, 5.41) is -3.45. The maximum absolute atomic E-state index is 14.1. The van der Waals surface area contributed by atoms with Crippen molar-refractivity contribution in [1.29, 1.82) is 0 Å². The highest BCUT2D eigenvalue weighted by Crippen LogP contribution is 2.43. The fourth-order valence-corrected chi connectivity index (χ4v) is 7.19. The zero-order valence-electron chi connectivity index (χ0n) is 22.8. The first-order valence-electron chi connectivity index (χ1n) is 13.5. The molecule has 1 N–H and O–H groups in total. The number of fused-ring (bicyclic) bond motifs is 1. The zero-order valence-corrected chi connectivity index (χ0v) is 25.8. The van der Waals surface area contributed by atoms with Crippen LogP contribution in [-0.4, -0.2) is 53.0 Å². The molecular formula is C29H25Cl3F2N4O4S. The second-order valence-electron chi connectivity index (χ2n) is 10.6. The molecule has 0 atom stereocenters. The number of hydrogen-bond acceptors (Lipinski definition) is 5. The summed E-state index contributed by atoms with van der Waals surface area (Å²) < 4.78 is 33.8. The fraction of sp³-hybridized carbons (Fsp3) is 0.345. The number of carbonyl (C=O) groups is 2. The molecule has 3 aromatic rings. The summed E-state index contributed by atoms with van der Waals surface area (Å²) in [6.45, 7) is 1.52. The van der Waals surface area contributed by atoms with Crippen molar-refractivity contribution in [3.63, 3.8) is 0 Å². The fourth-order valence-electron chi connectivity index (χ4n) is 5.45. The maximum Gasteiger partial charge on any atom is 0.362 e. The van der Waals surface area contributed by atoms with E-state index in [4.69, 9.17) is 39.5 Å². The molecule has 14 heteroatoms. The smallest absolute Gasteiger partial charge is 0.362 e. The van der Waals surface area contributed by atoms with E-state index in [1.54, 1.807) is 29.2 Å². The molecule has 1 aliphatic carbocycles. The average Bonchev–Trinajstić information content (AvgIpc) is 3.71. The molecule has 1 saturated carbocycles. The number of hydrogen-bond donors (Lipinski definition) is 1. The zero-order chi connectivity index (χ0) is 30.6. The van der Waals surface area contributed by atoms with Crippen molar-refractivity contribution >= 4 is 64.2 Å². The third-order valence-electron chi connectivity index (χ3n) is 7.69. The molecule has 0 unspecified atom stereocenters. The van der Waals surface area contributed by atoms with Crippen LogP contribution in [0.2, 0.25) is 10.0 Å². The van der Waals surface area contributed by atoms with Crippen LogP contribution in [0.3, 0.4) is 0 Å². The molecule has 1 aromatic heterocycles. The van der Waals surface area contributed by atoms with E-state index in [1.165, 1.54) is 12.0 Å². The number of ether oxygens (including phenoxy) is 1. The van der Waals surface area contributed by atoms with Crippen molar-refractivity contribution < 1.29 is 23.1 Å². The van der Waals surface area contributed by atoms with Crippen LogP contribution < -0.4 is 15.2 Å². The van der Waals surface area contributed by atoms with Gasteiger partial charge in [-0.05, 0) is 72.3 Å². The van der Waals surface area contributed by atoms with Crippen LogP contribution in [0.5, 0.6) is 5.75 Å². The Labute approximate surface area is 264 Å². The van der Waals surface area contributed by atoms with Crippen LogP contribution in [0, 0.1) is 0 Å². The van der Waals surface area contributed by atoms with Gasteiger partial charge in [0.1, 0.15) is 17.0 Å². The van der Waals surface area contributed by atoms with Crippen molar-refractivity contribution in [2.24, 2.45) is 0 Å². The van der Waals surface area contributed by atoms with E-state index in [1.807, 2.05) is 11.0 Å². The lowest BCUT2D eigenvalue weighted by Gasteiger charge is -2.36. The van der Waals surface area contributed by atoms with E-state index < -0.39 is 22.5 Å². The van der Waals surface area contributed by atoms with Gasteiger partial charge in [-0.2, -0.15) is 8.78 Å². The summed E-state index contributed by atoms with van der Waals surface area (Å²) in [5.41, 5.74) is -0.0713. The normalized spacial score (nSPS) is 17.0. The molecule has 3 aliphatic rings. The monoisotopic (exact) mass is 668 g/mol. The number of benzene rings is 2. The number of methoxy groups -OCH3 is 1. The van der Waals surface area contributed by atoms with Gasteiger partial charge in [-0.1, -0.05) is 41.0 Å². The van der Waals surface area contributed by atoms with Gasteiger partial charge in [-0.25, -0.2) is 4.79 Å². The first-order chi connectivity index (χ1) is 20.5. The van der Waals surface area contributed by atoms with Gasteiger partial charge in [0.05, 0.1) is 22.8 Å². The van der Waals surface area contributed by atoms with E-state index in [-0.39, 0.29) is 45.7 Å². The highest BCUT2D eigenvalue weighted by molar-refractivity contribution is 7.99. The lowest BCUT2D eigenvalue weighted by atomic mass is 10.1. The number of alkyl halides is 3. The van der Waals surface area contributed by atoms with E-state index >= 15 is 0 Å². The lowest BCUT2D eigenvalue weighted by Crippen LogP contribution is -2.50. The summed E-state index contributed by atoms with van der Waals surface area (Å²) >= 11 is 18.7. The molecule has 0 spiro atoms. The van der Waals surface area contributed by atoms with Gasteiger partial charge >= 0.3 is 11.4 Å². The van der Waals surface area contributed by atoms with E-state index in [2.05, 4.69) is 4.98 Å². The molecule has 43 heavy (non-hydrogen) atoms. The van der Waals surface area contributed by atoms with Gasteiger partial charge in [0.2, 0.25) is 0 Å². The van der Waals surface area contributed by atoms with Crippen molar-refractivity contribution in [2.75, 3.05) is 25.1 Å². The molecule has 6 rings (SSSR count). The number of rotatable bonds is 7. The molecule has 3 heterocycles. The molecular weight excluding hydrogens is 645 g/mol. The Morgan fingerprint density at radius 1 is 1.07 bits per heavy atom. The molecule has 0 radical (unpaired) electrons. The largest absolute Gasteiger partial charge is 0.495 e. The Hall–Kier alpha value is -2.99. The third kappa shape index (κ3) is 5.80. The Balaban J connectivity index is 1.34.